The van der Waals surface area contributed by atoms with Crippen LogP contribution in [0.15, 0.2) is 36.8 Å². The minimum atomic E-state index is 0.0632. The molecular weight excluding hydrogens is 278 g/mol. The van der Waals surface area contributed by atoms with Gasteiger partial charge >= 0.3 is 0 Å². The molecule has 114 valence electrons. The fourth-order valence-corrected chi connectivity index (χ4v) is 3.68. The second-order valence-corrected chi connectivity index (χ2v) is 6.13. The molecule has 2 aromatic rings. The number of pyridine rings is 1. The van der Waals surface area contributed by atoms with E-state index < -0.39 is 0 Å². The highest BCUT2D eigenvalue weighted by molar-refractivity contribution is 5.92. The summed E-state index contributed by atoms with van der Waals surface area (Å²) in [5.41, 5.74) is 1.82. The normalized spacial score (nSPS) is 24.6. The lowest BCUT2D eigenvalue weighted by Gasteiger charge is -2.24. The molecule has 4 rings (SSSR count). The summed E-state index contributed by atoms with van der Waals surface area (Å²) in [6.45, 7) is 3.69. The Hall–Kier alpha value is -2.21. The van der Waals surface area contributed by atoms with Crippen molar-refractivity contribution in [3.8, 4) is 0 Å². The molecule has 2 aliphatic heterocycles. The molecule has 0 aromatic carbocycles. The number of likely N-dealkylation sites (tertiary alicyclic amines) is 2. The SMILES string of the molecule is O=C(c1ccn[nH]1)N1C[C@@H]2CCN(Cc3cccnc3)[C@@H]2C1. The van der Waals surface area contributed by atoms with Crippen LogP contribution in [-0.4, -0.2) is 56.6 Å². The number of nitrogens with one attached hydrogen (secondary N) is 1. The van der Waals surface area contributed by atoms with Crippen LogP contribution in [0.3, 0.4) is 0 Å². The first-order chi connectivity index (χ1) is 10.8. The molecule has 1 N–H and O–H groups in total. The van der Waals surface area contributed by atoms with Crippen LogP contribution in [0.25, 0.3) is 0 Å². The second-order valence-electron chi connectivity index (χ2n) is 6.13. The van der Waals surface area contributed by atoms with Gasteiger partial charge in [-0.1, -0.05) is 6.07 Å². The van der Waals surface area contributed by atoms with Crippen molar-refractivity contribution in [3.63, 3.8) is 0 Å². The molecule has 22 heavy (non-hydrogen) atoms. The number of H-pyrrole nitrogens is 1. The third-order valence-electron chi connectivity index (χ3n) is 4.79. The number of nitrogens with zero attached hydrogens (tertiary/aromatic N) is 4. The molecular formula is C16H19N5O. The number of aromatic nitrogens is 3. The van der Waals surface area contributed by atoms with Crippen molar-refractivity contribution in [3.05, 3.63) is 48.0 Å². The molecule has 2 atom stereocenters. The van der Waals surface area contributed by atoms with E-state index in [2.05, 4.69) is 26.1 Å². The van der Waals surface area contributed by atoms with Gasteiger partial charge in [0.25, 0.3) is 5.91 Å². The highest BCUT2D eigenvalue weighted by atomic mass is 16.2. The van der Waals surface area contributed by atoms with Gasteiger partial charge in [-0.25, -0.2) is 0 Å². The van der Waals surface area contributed by atoms with Gasteiger partial charge in [-0.3, -0.25) is 19.8 Å². The van der Waals surface area contributed by atoms with Gasteiger partial charge in [0.05, 0.1) is 0 Å². The molecule has 0 bridgehead atoms. The third kappa shape index (κ3) is 2.39. The van der Waals surface area contributed by atoms with E-state index >= 15 is 0 Å². The van der Waals surface area contributed by atoms with E-state index in [0.717, 1.165) is 32.6 Å². The van der Waals surface area contributed by atoms with Crippen molar-refractivity contribution in [2.45, 2.75) is 19.0 Å². The number of carbonyl (C=O) groups excluding carboxylic acids is 1. The summed E-state index contributed by atoms with van der Waals surface area (Å²) in [6, 6.07) is 6.30. The number of aromatic amines is 1. The maximum absolute atomic E-state index is 12.4. The molecule has 2 aliphatic rings. The topological polar surface area (TPSA) is 65.1 Å². The number of carbonyl (C=O) groups is 1. The van der Waals surface area contributed by atoms with Gasteiger partial charge in [-0.15, -0.1) is 0 Å². The number of fused-ring (bicyclic) bond motifs is 1. The Labute approximate surface area is 129 Å². The van der Waals surface area contributed by atoms with Crippen LogP contribution in [0.1, 0.15) is 22.5 Å². The molecule has 4 heterocycles. The van der Waals surface area contributed by atoms with Gasteiger partial charge in [-0.2, -0.15) is 5.10 Å². The highest BCUT2D eigenvalue weighted by Gasteiger charge is 2.42. The Morgan fingerprint density at radius 2 is 2.27 bits per heavy atom. The smallest absolute Gasteiger partial charge is 0.271 e. The van der Waals surface area contributed by atoms with Crippen LogP contribution in [0.4, 0.5) is 0 Å². The van der Waals surface area contributed by atoms with E-state index in [9.17, 15) is 4.79 Å². The summed E-state index contributed by atoms with van der Waals surface area (Å²) < 4.78 is 0. The third-order valence-corrected chi connectivity index (χ3v) is 4.79. The molecule has 2 fully saturated rings. The van der Waals surface area contributed by atoms with Crippen molar-refractivity contribution in [2.24, 2.45) is 5.92 Å². The zero-order valence-corrected chi connectivity index (χ0v) is 12.4. The van der Waals surface area contributed by atoms with Gasteiger partial charge in [0.1, 0.15) is 5.69 Å². The predicted molar refractivity (Wildman–Crippen MR) is 81.0 cm³/mol. The molecule has 0 unspecified atom stereocenters. The fraction of sp³-hybridized carbons (Fsp3) is 0.438. The second kappa shape index (κ2) is 5.53. The average Bonchev–Trinajstić information content (AvgIpc) is 3.26. The van der Waals surface area contributed by atoms with Gasteiger partial charge in [-0.05, 0) is 36.6 Å². The number of rotatable bonds is 3. The summed E-state index contributed by atoms with van der Waals surface area (Å²) in [4.78, 5) is 21.1. The van der Waals surface area contributed by atoms with E-state index in [4.69, 9.17) is 0 Å². The van der Waals surface area contributed by atoms with Crippen molar-refractivity contribution in [1.82, 2.24) is 25.0 Å². The van der Waals surface area contributed by atoms with Gasteiger partial charge in [0.2, 0.25) is 0 Å². The van der Waals surface area contributed by atoms with E-state index in [1.165, 1.54) is 5.56 Å². The quantitative estimate of drug-likeness (QED) is 0.923. The standard InChI is InChI=1S/C16H19N5O/c22-16(14-3-6-18-19-14)21-10-13-4-7-20(15(13)11-21)9-12-2-1-5-17-8-12/h1-3,5-6,8,13,15H,4,7,9-11H2,(H,18,19)/t13-,15+/m0/s1. The molecule has 0 aliphatic carbocycles. The molecule has 0 radical (unpaired) electrons. The minimum Gasteiger partial charge on any atom is -0.335 e. The Bertz CT molecular complexity index is 642. The van der Waals surface area contributed by atoms with Crippen LogP contribution >= 0.6 is 0 Å². The molecule has 6 heteroatoms. The Balaban J connectivity index is 1.44. The summed E-state index contributed by atoms with van der Waals surface area (Å²) in [5.74, 6) is 0.650. The molecule has 2 saturated heterocycles. The van der Waals surface area contributed by atoms with Crippen LogP contribution < -0.4 is 0 Å². The van der Waals surface area contributed by atoms with E-state index in [1.807, 2.05) is 17.2 Å². The first-order valence-electron chi connectivity index (χ1n) is 7.73. The molecule has 0 spiro atoms. The lowest BCUT2D eigenvalue weighted by Crippen LogP contribution is -2.36. The summed E-state index contributed by atoms with van der Waals surface area (Å²) in [5, 5.41) is 6.64. The fourth-order valence-electron chi connectivity index (χ4n) is 3.68. The highest BCUT2D eigenvalue weighted by Crippen LogP contribution is 2.32. The van der Waals surface area contributed by atoms with E-state index in [1.54, 1.807) is 18.5 Å². The largest absolute Gasteiger partial charge is 0.335 e. The first kappa shape index (κ1) is 13.5. The van der Waals surface area contributed by atoms with Crippen LogP contribution in [0.2, 0.25) is 0 Å². The monoisotopic (exact) mass is 297 g/mol. The minimum absolute atomic E-state index is 0.0632. The zero-order chi connectivity index (χ0) is 14.9. The predicted octanol–water partition coefficient (Wildman–Crippen LogP) is 1.15. The summed E-state index contributed by atoms with van der Waals surface area (Å²) in [7, 11) is 0. The van der Waals surface area contributed by atoms with Crippen molar-refractivity contribution in [2.75, 3.05) is 19.6 Å². The van der Waals surface area contributed by atoms with Crippen LogP contribution in [0, 0.1) is 5.92 Å². The molecule has 1 amide bonds. The number of amides is 1. The number of hydrogen-bond donors (Lipinski definition) is 1. The maximum atomic E-state index is 12.4. The molecule has 6 nitrogen and oxygen atoms in total. The van der Waals surface area contributed by atoms with Crippen LogP contribution in [-0.2, 0) is 6.54 Å². The molecule has 0 saturated carbocycles. The van der Waals surface area contributed by atoms with Crippen molar-refractivity contribution >= 4 is 5.91 Å². The zero-order valence-electron chi connectivity index (χ0n) is 12.4. The van der Waals surface area contributed by atoms with Crippen molar-refractivity contribution < 1.29 is 4.79 Å². The Morgan fingerprint density at radius 1 is 1.32 bits per heavy atom. The lowest BCUT2D eigenvalue weighted by atomic mass is 10.1. The van der Waals surface area contributed by atoms with E-state index in [0.29, 0.717) is 17.7 Å². The first-order valence-corrected chi connectivity index (χ1v) is 7.73. The lowest BCUT2D eigenvalue weighted by molar-refractivity contribution is 0.0764. The summed E-state index contributed by atoms with van der Waals surface area (Å²) >= 11 is 0. The molecule has 2 aromatic heterocycles. The van der Waals surface area contributed by atoms with E-state index in [-0.39, 0.29) is 5.91 Å². The van der Waals surface area contributed by atoms with Gasteiger partial charge < -0.3 is 4.90 Å². The van der Waals surface area contributed by atoms with Gasteiger partial charge in [0, 0.05) is 44.3 Å². The maximum Gasteiger partial charge on any atom is 0.271 e. The average molecular weight is 297 g/mol. The van der Waals surface area contributed by atoms with Crippen molar-refractivity contribution in [1.29, 1.82) is 0 Å². The van der Waals surface area contributed by atoms with Gasteiger partial charge in [0.15, 0.2) is 0 Å². The van der Waals surface area contributed by atoms with Crippen LogP contribution in [0.5, 0.6) is 0 Å². The number of hydrogen-bond acceptors (Lipinski definition) is 4. The Morgan fingerprint density at radius 3 is 3.05 bits per heavy atom. The summed E-state index contributed by atoms with van der Waals surface area (Å²) in [6.07, 6.45) is 6.52. The Kier molecular flexibility index (Phi) is 3.38.